The second-order valence-electron chi connectivity index (χ2n) is 5.62. The van der Waals surface area contributed by atoms with Crippen molar-refractivity contribution in [1.29, 1.82) is 0 Å². The first kappa shape index (κ1) is 14.7. The van der Waals surface area contributed by atoms with E-state index < -0.39 is 5.97 Å². The summed E-state index contributed by atoms with van der Waals surface area (Å²) in [5, 5.41) is 9.16. The Bertz CT molecular complexity index is 474. The molecule has 1 atom stereocenters. The zero-order valence-corrected chi connectivity index (χ0v) is 12.1. The summed E-state index contributed by atoms with van der Waals surface area (Å²) in [7, 11) is 0. The molecule has 0 saturated carbocycles. The number of carboxylic acid groups (broad SMARTS) is 1. The number of nitrogen functional groups attached to an aromatic ring is 1. The predicted molar refractivity (Wildman–Crippen MR) is 82.3 cm³/mol. The topological polar surface area (TPSA) is 66.6 Å². The summed E-state index contributed by atoms with van der Waals surface area (Å²) >= 11 is 0. The second-order valence-corrected chi connectivity index (χ2v) is 5.62. The van der Waals surface area contributed by atoms with Crippen molar-refractivity contribution in [2.45, 2.75) is 39.0 Å². The summed E-state index contributed by atoms with van der Waals surface area (Å²) in [4.78, 5) is 13.4. The lowest BCUT2D eigenvalue weighted by atomic mass is 9.96. The largest absolute Gasteiger partial charge is 0.478 e. The van der Waals surface area contributed by atoms with Gasteiger partial charge in [0.1, 0.15) is 0 Å². The molecule has 4 heteroatoms. The highest BCUT2D eigenvalue weighted by atomic mass is 16.4. The van der Waals surface area contributed by atoms with Gasteiger partial charge in [-0.1, -0.05) is 25.8 Å². The molecule has 110 valence electrons. The van der Waals surface area contributed by atoms with Gasteiger partial charge in [0.25, 0.3) is 0 Å². The van der Waals surface area contributed by atoms with Gasteiger partial charge < -0.3 is 15.7 Å². The molecule has 1 aromatic carbocycles. The molecule has 20 heavy (non-hydrogen) atoms. The summed E-state index contributed by atoms with van der Waals surface area (Å²) in [6, 6.07) is 5.28. The number of hydrogen-bond donors (Lipinski definition) is 2. The molecule has 1 saturated heterocycles. The number of carboxylic acids is 1. The molecule has 0 spiro atoms. The van der Waals surface area contributed by atoms with Gasteiger partial charge in [0, 0.05) is 13.1 Å². The molecule has 1 aromatic rings. The fourth-order valence-electron chi connectivity index (χ4n) is 3.12. The molecular weight excluding hydrogens is 252 g/mol. The lowest BCUT2D eigenvalue weighted by Crippen LogP contribution is -2.25. The van der Waals surface area contributed by atoms with Gasteiger partial charge in [0.2, 0.25) is 0 Å². The lowest BCUT2D eigenvalue weighted by molar-refractivity contribution is 0.0698. The molecule has 0 aromatic heterocycles. The molecule has 0 amide bonds. The predicted octanol–water partition coefficient (Wildman–Crippen LogP) is 3.37. The first-order valence-corrected chi connectivity index (χ1v) is 7.50. The Morgan fingerprint density at radius 3 is 2.90 bits per heavy atom. The highest BCUT2D eigenvalue weighted by molar-refractivity contribution is 5.97. The van der Waals surface area contributed by atoms with Crippen molar-refractivity contribution in [3.63, 3.8) is 0 Å². The molecule has 0 radical (unpaired) electrons. The van der Waals surface area contributed by atoms with Crippen LogP contribution < -0.4 is 10.6 Å². The quantitative estimate of drug-likeness (QED) is 0.827. The Kier molecular flexibility index (Phi) is 4.88. The van der Waals surface area contributed by atoms with Gasteiger partial charge in [-0.15, -0.1) is 0 Å². The van der Waals surface area contributed by atoms with Crippen LogP contribution in [0.5, 0.6) is 0 Å². The van der Waals surface area contributed by atoms with Crippen molar-refractivity contribution in [2.24, 2.45) is 5.92 Å². The van der Waals surface area contributed by atoms with Crippen molar-refractivity contribution in [3.05, 3.63) is 23.8 Å². The van der Waals surface area contributed by atoms with Gasteiger partial charge in [-0.05, 0) is 37.3 Å². The minimum absolute atomic E-state index is 0.205. The lowest BCUT2D eigenvalue weighted by Gasteiger charge is -2.25. The Morgan fingerprint density at radius 2 is 2.20 bits per heavy atom. The normalized spacial score (nSPS) is 19.6. The number of para-hydroxylation sites is 1. The Balaban J connectivity index is 2.15. The summed E-state index contributed by atoms with van der Waals surface area (Å²) in [6.07, 6.45) is 6.12. The summed E-state index contributed by atoms with van der Waals surface area (Å²) in [6.45, 7) is 4.17. The van der Waals surface area contributed by atoms with E-state index in [4.69, 9.17) is 10.8 Å². The number of hydrogen-bond acceptors (Lipinski definition) is 3. The third kappa shape index (κ3) is 3.24. The number of nitrogens with two attached hydrogens (primary N) is 1. The van der Waals surface area contributed by atoms with Gasteiger partial charge in [0.05, 0.1) is 16.9 Å². The van der Waals surface area contributed by atoms with E-state index in [1.165, 1.54) is 25.7 Å². The van der Waals surface area contributed by atoms with Crippen LogP contribution in [0.15, 0.2) is 18.2 Å². The van der Waals surface area contributed by atoms with Crippen molar-refractivity contribution < 1.29 is 9.90 Å². The summed E-state index contributed by atoms with van der Waals surface area (Å²) in [5.41, 5.74) is 7.52. The standard InChI is InChI=1S/C16H24N2O2/c1-2-5-12-6-4-10-18(11-9-12)14-8-3-7-13(15(14)17)16(19)20/h3,7-8,12H,2,4-6,9-11,17H2,1H3,(H,19,20). The number of nitrogens with zero attached hydrogens (tertiary/aromatic N) is 1. The second kappa shape index (κ2) is 6.64. The third-order valence-electron chi connectivity index (χ3n) is 4.20. The van der Waals surface area contributed by atoms with E-state index in [1.54, 1.807) is 12.1 Å². The maximum absolute atomic E-state index is 11.2. The van der Waals surface area contributed by atoms with Gasteiger partial charge >= 0.3 is 5.97 Å². The molecule has 1 heterocycles. The highest BCUT2D eigenvalue weighted by Crippen LogP contribution is 2.30. The van der Waals surface area contributed by atoms with Crippen molar-refractivity contribution in [2.75, 3.05) is 23.7 Å². The zero-order chi connectivity index (χ0) is 14.5. The monoisotopic (exact) mass is 276 g/mol. The SMILES string of the molecule is CCCC1CCCN(c2cccc(C(=O)O)c2N)CC1. The van der Waals surface area contributed by atoms with E-state index in [9.17, 15) is 4.79 Å². The van der Waals surface area contributed by atoms with Crippen LogP contribution in [0.3, 0.4) is 0 Å². The minimum atomic E-state index is -0.956. The molecule has 0 aliphatic carbocycles. The van der Waals surface area contributed by atoms with E-state index in [1.807, 2.05) is 6.07 Å². The van der Waals surface area contributed by atoms with Crippen LogP contribution in [-0.2, 0) is 0 Å². The van der Waals surface area contributed by atoms with Gasteiger partial charge in [0.15, 0.2) is 0 Å². The molecule has 2 rings (SSSR count). The molecule has 1 unspecified atom stereocenters. The summed E-state index contributed by atoms with van der Waals surface area (Å²) in [5.74, 6) is -0.156. The maximum atomic E-state index is 11.2. The smallest absolute Gasteiger partial charge is 0.337 e. The van der Waals surface area contributed by atoms with Crippen molar-refractivity contribution >= 4 is 17.3 Å². The van der Waals surface area contributed by atoms with Crippen LogP contribution in [0.2, 0.25) is 0 Å². The fraction of sp³-hybridized carbons (Fsp3) is 0.562. The Hall–Kier alpha value is -1.71. The van der Waals surface area contributed by atoms with Crippen molar-refractivity contribution in [3.8, 4) is 0 Å². The van der Waals surface area contributed by atoms with Crippen LogP contribution in [0.25, 0.3) is 0 Å². The van der Waals surface area contributed by atoms with E-state index in [-0.39, 0.29) is 5.56 Å². The average molecular weight is 276 g/mol. The fourth-order valence-corrected chi connectivity index (χ4v) is 3.12. The van der Waals surface area contributed by atoms with Crippen LogP contribution >= 0.6 is 0 Å². The molecular formula is C16H24N2O2. The van der Waals surface area contributed by atoms with E-state index in [0.29, 0.717) is 5.69 Å². The molecule has 1 fully saturated rings. The molecule has 1 aliphatic rings. The highest BCUT2D eigenvalue weighted by Gasteiger charge is 2.20. The van der Waals surface area contributed by atoms with Gasteiger partial charge in [-0.2, -0.15) is 0 Å². The van der Waals surface area contributed by atoms with E-state index >= 15 is 0 Å². The van der Waals surface area contributed by atoms with Crippen LogP contribution in [0, 0.1) is 5.92 Å². The average Bonchev–Trinajstić information content (AvgIpc) is 2.65. The minimum Gasteiger partial charge on any atom is -0.478 e. The molecule has 3 N–H and O–H groups in total. The van der Waals surface area contributed by atoms with Crippen LogP contribution in [0.4, 0.5) is 11.4 Å². The third-order valence-corrected chi connectivity index (χ3v) is 4.20. The Labute approximate surface area is 120 Å². The maximum Gasteiger partial charge on any atom is 0.337 e. The van der Waals surface area contributed by atoms with Crippen LogP contribution in [0.1, 0.15) is 49.4 Å². The Morgan fingerprint density at radius 1 is 1.40 bits per heavy atom. The van der Waals surface area contributed by atoms with E-state index in [2.05, 4.69) is 11.8 Å². The number of aromatic carboxylic acids is 1. The number of benzene rings is 1. The zero-order valence-electron chi connectivity index (χ0n) is 12.1. The summed E-state index contributed by atoms with van der Waals surface area (Å²) < 4.78 is 0. The van der Waals surface area contributed by atoms with E-state index in [0.717, 1.165) is 31.1 Å². The molecule has 4 nitrogen and oxygen atoms in total. The number of carbonyl (C=O) groups is 1. The number of anilines is 2. The van der Waals surface area contributed by atoms with Gasteiger partial charge in [-0.25, -0.2) is 4.79 Å². The van der Waals surface area contributed by atoms with Crippen molar-refractivity contribution in [1.82, 2.24) is 0 Å². The number of rotatable bonds is 4. The first-order valence-electron chi connectivity index (χ1n) is 7.50. The molecule has 1 aliphatic heterocycles. The van der Waals surface area contributed by atoms with Crippen LogP contribution in [-0.4, -0.2) is 24.2 Å². The first-order chi connectivity index (χ1) is 9.63. The van der Waals surface area contributed by atoms with Gasteiger partial charge in [-0.3, -0.25) is 0 Å². The molecule has 0 bridgehead atoms.